The first kappa shape index (κ1) is 21.4. The van der Waals surface area contributed by atoms with Crippen molar-refractivity contribution in [1.29, 1.82) is 0 Å². The van der Waals surface area contributed by atoms with Gasteiger partial charge in [0, 0.05) is 26.7 Å². The summed E-state index contributed by atoms with van der Waals surface area (Å²) in [5, 5.41) is 3.53. The highest BCUT2D eigenvalue weighted by atomic mass is 32.1. The van der Waals surface area contributed by atoms with Crippen LogP contribution in [0.3, 0.4) is 0 Å². The molecule has 0 saturated carbocycles. The lowest BCUT2D eigenvalue weighted by Crippen LogP contribution is -2.25. The number of carbonyl (C=O) groups is 2. The van der Waals surface area contributed by atoms with Crippen LogP contribution in [0, 0.1) is 0 Å². The Labute approximate surface area is 178 Å². The molecule has 0 bridgehead atoms. The summed E-state index contributed by atoms with van der Waals surface area (Å²) in [6, 6.07) is 11.2. The van der Waals surface area contributed by atoms with Gasteiger partial charge in [0.15, 0.2) is 0 Å². The molecule has 0 unspecified atom stereocenters. The van der Waals surface area contributed by atoms with Gasteiger partial charge in [-0.2, -0.15) is 0 Å². The number of para-hydroxylation sites is 1. The van der Waals surface area contributed by atoms with Crippen LogP contribution >= 0.6 is 11.3 Å². The monoisotopic (exact) mass is 424 g/mol. The molecule has 0 aliphatic heterocycles. The molecule has 2 aromatic heterocycles. The molecule has 1 N–H and O–H groups in total. The molecule has 0 atom stereocenters. The van der Waals surface area contributed by atoms with Gasteiger partial charge in [0.2, 0.25) is 11.8 Å². The van der Waals surface area contributed by atoms with Gasteiger partial charge in [0.1, 0.15) is 10.7 Å². The van der Waals surface area contributed by atoms with E-state index >= 15 is 0 Å². The van der Waals surface area contributed by atoms with Gasteiger partial charge in [-0.05, 0) is 43.2 Å². The highest BCUT2D eigenvalue weighted by molar-refractivity contribution is 7.18. The molecule has 2 heterocycles. The summed E-state index contributed by atoms with van der Waals surface area (Å²) < 4.78 is 2.62. The predicted octanol–water partition coefficient (Wildman–Crippen LogP) is 3.26. The van der Waals surface area contributed by atoms with Gasteiger partial charge in [-0.25, -0.2) is 4.98 Å². The Morgan fingerprint density at radius 1 is 1.20 bits per heavy atom. The number of pyridine rings is 1. The Morgan fingerprint density at radius 3 is 2.77 bits per heavy atom. The quantitative estimate of drug-likeness (QED) is 0.444. The number of anilines is 1. The summed E-state index contributed by atoms with van der Waals surface area (Å²) in [4.78, 5) is 42.4. The van der Waals surface area contributed by atoms with Crippen LogP contribution in [-0.2, 0) is 16.1 Å². The first-order chi connectivity index (χ1) is 14.4. The lowest BCUT2D eigenvalue weighted by atomic mass is 10.2. The van der Waals surface area contributed by atoms with Crippen LogP contribution in [0.2, 0.25) is 0 Å². The lowest BCUT2D eigenvalue weighted by molar-refractivity contribution is -0.123. The average Bonchev–Trinajstić information content (AvgIpc) is 3.13. The van der Waals surface area contributed by atoms with E-state index < -0.39 is 0 Å². The fraction of sp³-hybridized carbons (Fsp3) is 0.273. The fourth-order valence-corrected chi connectivity index (χ4v) is 3.78. The molecule has 3 rings (SSSR count). The van der Waals surface area contributed by atoms with Crippen molar-refractivity contribution in [2.45, 2.75) is 25.8 Å². The van der Waals surface area contributed by atoms with Crippen LogP contribution < -0.4 is 10.9 Å². The van der Waals surface area contributed by atoms with Crippen LogP contribution in [-0.4, -0.2) is 40.4 Å². The second kappa shape index (κ2) is 9.98. The molecule has 0 spiro atoms. The van der Waals surface area contributed by atoms with Crippen molar-refractivity contribution in [1.82, 2.24) is 14.5 Å². The number of nitrogens with one attached hydrogen (secondary N) is 1. The molecule has 0 aliphatic rings. The van der Waals surface area contributed by atoms with Crippen LogP contribution in [0.4, 0.5) is 5.69 Å². The molecule has 0 radical (unpaired) electrons. The van der Waals surface area contributed by atoms with Crippen LogP contribution in [0.15, 0.2) is 59.5 Å². The predicted molar refractivity (Wildman–Crippen MR) is 120 cm³/mol. The Balaban J connectivity index is 1.57. The third-order valence-corrected chi connectivity index (χ3v) is 5.44. The summed E-state index contributed by atoms with van der Waals surface area (Å²) in [6.07, 6.45) is 6.42. The average molecular weight is 425 g/mol. The first-order valence-electron chi connectivity index (χ1n) is 9.65. The second-order valence-corrected chi connectivity index (χ2v) is 8.12. The zero-order valence-electron chi connectivity index (χ0n) is 17.0. The molecule has 7 nitrogen and oxygen atoms in total. The minimum absolute atomic E-state index is 0.0857. The molecule has 1 aromatic carbocycles. The van der Waals surface area contributed by atoms with Crippen molar-refractivity contribution < 1.29 is 9.59 Å². The van der Waals surface area contributed by atoms with E-state index in [1.165, 1.54) is 11.0 Å². The maximum Gasteiger partial charge on any atom is 0.274 e. The molecule has 2 amide bonds. The number of aromatic nitrogens is 2. The number of nitrogens with zero attached hydrogens (tertiary/aromatic N) is 3. The number of hydrogen-bond acceptors (Lipinski definition) is 5. The maximum atomic E-state index is 12.7. The van der Waals surface area contributed by atoms with E-state index in [1.807, 2.05) is 24.3 Å². The van der Waals surface area contributed by atoms with E-state index in [1.54, 1.807) is 54.4 Å². The van der Waals surface area contributed by atoms with Crippen molar-refractivity contribution >= 4 is 39.1 Å². The van der Waals surface area contributed by atoms with Crippen molar-refractivity contribution in [2.24, 2.45) is 0 Å². The molecule has 0 saturated heterocycles. The van der Waals surface area contributed by atoms with Gasteiger partial charge >= 0.3 is 0 Å². The van der Waals surface area contributed by atoms with E-state index in [0.29, 0.717) is 19.4 Å². The Morgan fingerprint density at radius 2 is 2.00 bits per heavy atom. The van der Waals surface area contributed by atoms with E-state index in [9.17, 15) is 14.4 Å². The largest absolute Gasteiger partial charge is 0.345 e. The zero-order valence-corrected chi connectivity index (χ0v) is 17.8. The number of fused-ring (bicyclic) bond motifs is 1. The molecular formula is C22H24N4O3S. The summed E-state index contributed by atoms with van der Waals surface area (Å²) in [5.74, 6) is -0.311. The van der Waals surface area contributed by atoms with Gasteiger partial charge in [0.25, 0.3) is 5.56 Å². The highest BCUT2D eigenvalue weighted by Crippen LogP contribution is 2.21. The fourth-order valence-electron chi connectivity index (χ4n) is 2.82. The first-order valence-corrected chi connectivity index (χ1v) is 10.5. The second-order valence-electron chi connectivity index (χ2n) is 7.01. The molecule has 30 heavy (non-hydrogen) atoms. The molecule has 0 fully saturated rings. The third kappa shape index (κ3) is 5.64. The Bertz CT molecular complexity index is 1100. The van der Waals surface area contributed by atoms with Gasteiger partial charge in [-0.1, -0.05) is 18.2 Å². The third-order valence-electron chi connectivity index (χ3n) is 4.41. The molecule has 8 heteroatoms. The minimum Gasteiger partial charge on any atom is -0.345 e. The molecule has 3 aromatic rings. The van der Waals surface area contributed by atoms with Gasteiger partial charge in [0.05, 0.1) is 16.8 Å². The highest BCUT2D eigenvalue weighted by Gasteiger charge is 2.10. The van der Waals surface area contributed by atoms with Gasteiger partial charge in [-0.3, -0.25) is 14.4 Å². The molecule has 0 aliphatic carbocycles. The number of unbranched alkanes of at least 4 members (excludes halogenated alkanes) is 1. The Hall–Kier alpha value is -3.26. The van der Waals surface area contributed by atoms with Crippen LogP contribution in [0.5, 0.6) is 0 Å². The van der Waals surface area contributed by atoms with Crippen LogP contribution in [0.25, 0.3) is 10.2 Å². The van der Waals surface area contributed by atoms with Gasteiger partial charge in [-0.15, -0.1) is 11.3 Å². The smallest absolute Gasteiger partial charge is 0.274 e. The number of likely N-dealkylation sites (N-methyl/N-ethyl adjacent to an activating group) is 1. The summed E-state index contributed by atoms with van der Waals surface area (Å²) >= 11 is 1.55. The number of carbonyl (C=O) groups excluding carboxylic acids is 2. The molecular weight excluding hydrogens is 400 g/mol. The van der Waals surface area contributed by atoms with E-state index in [-0.39, 0.29) is 29.5 Å². The summed E-state index contributed by atoms with van der Waals surface area (Å²) in [5.41, 5.74) is 0.903. The van der Waals surface area contributed by atoms with E-state index in [4.69, 9.17) is 0 Å². The standard InChI is InChI=1S/C22H24N4O3S/c1-25(2)21(28)13-5-3-4-12-19(27)23-17-10-8-14-26(22(17)29)15-20-24-16-9-6-7-11-18(16)30-20/h5-11,13-14H,3-4,12,15H2,1-2H3,(H,23,27)/b13-5+. The summed E-state index contributed by atoms with van der Waals surface area (Å²) in [7, 11) is 3.37. The number of hydrogen-bond donors (Lipinski definition) is 1. The van der Waals surface area contributed by atoms with E-state index in [0.717, 1.165) is 15.2 Å². The van der Waals surface area contributed by atoms with E-state index in [2.05, 4.69) is 10.3 Å². The lowest BCUT2D eigenvalue weighted by Gasteiger charge is -2.08. The topological polar surface area (TPSA) is 84.3 Å². The van der Waals surface area contributed by atoms with Crippen LogP contribution in [0.1, 0.15) is 24.3 Å². The van der Waals surface area contributed by atoms with Crippen molar-refractivity contribution in [3.63, 3.8) is 0 Å². The number of thiazole rings is 1. The number of amides is 2. The Kier molecular flexibility index (Phi) is 7.13. The summed E-state index contributed by atoms with van der Waals surface area (Å²) in [6.45, 7) is 0.354. The number of allylic oxidation sites excluding steroid dienone is 1. The van der Waals surface area contributed by atoms with Gasteiger partial charge < -0.3 is 14.8 Å². The molecule has 156 valence electrons. The van der Waals surface area contributed by atoms with Crippen molar-refractivity contribution in [3.05, 3.63) is 70.1 Å². The normalized spacial score (nSPS) is 11.1. The maximum absolute atomic E-state index is 12.7. The van der Waals surface area contributed by atoms with Crippen molar-refractivity contribution in [3.8, 4) is 0 Å². The number of rotatable bonds is 8. The number of benzene rings is 1. The SMILES string of the molecule is CN(C)C(=O)/C=C/CCCC(=O)Nc1cccn(Cc2nc3ccccc3s2)c1=O. The van der Waals surface area contributed by atoms with Crippen molar-refractivity contribution in [2.75, 3.05) is 19.4 Å². The zero-order chi connectivity index (χ0) is 21.5. The minimum atomic E-state index is -0.262.